The molecule has 18 heavy (non-hydrogen) atoms. The van der Waals surface area contributed by atoms with Crippen molar-refractivity contribution in [2.45, 2.75) is 6.92 Å². The third kappa shape index (κ3) is 2.51. The number of ether oxygens (including phenoxy) is 1. The molecule has 1 fully saturated rings. The molecule has 0 bridgehead atoms. The zero-order chi connectivity index (χ0) is 13.1. The van der Waals surface area contributed by atoms with Crippen LogP contribution in [0.1, 0.15) is 15.9 Å². The molecular weight excluding hydrogens is 232 g/mol. The van der Waals surface area contributed by atoms with Gasteiger partial charge in [0.25, 0.3) is 0 Å². The van der Waals surface area contributed by atoms with E-state index in [1.165, 1.54) is 7.11 Å². The first kappa shape index (κ1) is 12.6. The molecule has 1 amide bonds. The maximum Gasteiger partial charge on any atom is 0.337 e. The molecule has 0 aliphatic carbocycles. The molecule has 0 radical (unpaired) electrons. The Balaban J connectivity index is 2.09. The Hall–Kier alpha value is -1.88. The Kier molecular flexibility index (Phi) is 3.62. The smallest absolute Gasteiger partial charge is 0.337 e. The second-order valence-corrected chi connectivity index (χ2v) is 4.37. The van der Waals surface area contributed by atoms with E-state index >= 15 is 0 Å². The molecule has 0 spiro atoms. The Morgan fingerprint density at radius 1 is 1.39 bits per heavy atom. The van der Waals surface area contributed by atoms with Crippen molar-refractivity contribution in [1.29, 1.82) is 0 Å². The van der Waals surface area contributed by atoms with E-state index in [1.54, 1.807) is 18.2 Å². The molecule has 0 aromatic heterocycles. The lowest BCUT2D eigenvalue weighted by molar-refractivity contribution is -0.121. The van der Waals surface area contributed by atoms with Gasteiger partial charge in [-0.1, -0.05) is 0 Å². The zero-order valence-electron chi connectivity index (χ0n) is 10.4. The molecule has 1 saturated heterocycles. The molecule has 1 aliphatic rings. The lowest BCUT2D eigenvalue weighted by Crippen LogP contribution is -2.48. The number of benzene rings is 1. The van der Waals surface area contributed by atoms with Crippen LogP contribution in [0.2, 0.25) is 0 Å². The largest absolute Gasteiger partial charge is 0.465 e. The fraction of sp³-hybridized carbons (Fsp3) is 0.385. The second-order valence-electron chi connectivity index (χ2n) is 4.37. The van der Waals surface area contributed by atoms with Gasteiger partial charge in [-0.25, -0.2) is 4.79 Å². The summed E-state index contributed by atoms with van der Waals surface area (Å²) in [5.74, 6) is -0.313. The first-order valence-corrected chi connectivity index (χ1v) is 5.82. The monoisotopic (exact) mass is 248 g/mol. The minimum absolute atomic E-state index is 0.0164. The first-order chi connectivity index (χ1) is 8.61. The van der Waals surface area contributed by atoms with Gasteiger partial charge in [0.15, 0.2) is 0 Å². The molecule has 1 aromatic rings. The van der Waals surface area contributed by atoms with Crippen LogP contribution in [0.3, 0.4) is 0 Å². The predicted molar refractivity (Wildman–Crippen MR) is 67.5 cm³/mol. The summed E-state index contributed by atoms with van der Waals surface area (Å²) < 4.78 is 4.64. The molecule has 0 saturated carbocycles. The number of amides is 1. The summed E-state index contributed by atoms with van der Waals surface area (Å²) in [5.41, 5.74) is 2.07. The summed E-state index contributed by atoms with van der Waals surface area (Å²) in [7, 11) is 1.34. The molecule has 2 rings (SSSR count). The third-order valence-electron chi connectivity index (χ3n) is 3.06. The van der Waals surface area contributed by atoms with Crippen molar-refractivity contribution < 1.29 is 14.3 Å². The number of rotatable bonds is 3. The van der Waals surface area contributed by atoms with E-state index in [0.717, 1.165) is 24.3 Å². The number of esters is 1. The maximum atomic E-state index is 11.8. The van der Waals surface area contributed by atoms with Crippen LogP contribution in [0, 0.1) is 12.8 Å². The van der Waals surface area contributed by atoms with E-state index in [4.69, 9.17) is 0 Å². The van der Waals surface area contributed by atoms with Gasteiger partial charge >= 0.3 is 5.97 Å². The standard InChI is InChI=1S/C13H16N2O3/c1-8-5-9(13(17)18-2)3-4-11(8)15-12(16)10-6-14-7-10/h3-5,10,14H,6-7H2,1-2H3,(H,15,16). The fourth-order valence-corrected chi connectivity index (χ4v) is 1.76. The van der Waals surface area contributed by atoms with Crippen LogP contribution in [0.25, 0.3) is 0 Å². The summed E-state index contributed by atoms with van der Waals surface area (Å²) in [6.07, 6.45) is 0. The number of anilines is 1. The van der Waals surface area contributed by atoms with Gasteiger partial charge in [-0.3, -0.25) is 4.79 Å². The highest BCUT2D eigenvalue weighted by atomic mass is 16.5. The quantitative estimate of drug-likeness (QED) is 0.781. The summed E-state index contributed by atoms with van der Waals surface area (Å²) in [6.45, 7) is 3.30. The molecule has 0 atom stereocenters. The third-order valence-corrected chi connectivity index (χ3v) is 3.06. The fourth-order valence-electron chi connectivity index (χ4n) is 1.76. The van der Waals surface area contributed by atoms with Gasteiger partial charge in [-0.05, 0) is 30.7 Å². The van der Waals surface area contributed by atoms with Crippen LogP contribution < -0.4 is 10.6 Å². The molecule has 2 N–H and O–H groups in total. The Morgan fingerprint density at radius 3 is 2.61 bits per heavy atom. The lowest BCUT2D eigenvalue weighted by atomic mass is 10.0. The Morgan fingerprint density at radius 2 is 2.11 bits per heavy atom. The molecule has 0 unspecified atom stereocenters. The molecule has 1 aliphatic heterocycles. The number of methoxy groups -OCH3 is 1. The number of aryl methyl sites for hydroxylation is 1. The van der Waals surface area contributed by atoms with Crippen LogP contribution in [-0.4, -0.2) is 32.1 Å². The Bertz CT molecular complexity index is 481. The van der Waals surface area contributed by atoms with E-state index in [9.17, 15) is 9.59 Å². The van der Waals surface area contributed by atoms with Crippen molar-refractivity contribution in [2.24, 2.45) is 5.92 Å². The van der Waals surface area contributed by atoms with E-state index in [1.807, 2.05) is 6.92 Å². The molecule has 5 nitrogen and oxygen atoms in total. The van der Waals surface area contributed by atoms with Gasteiger partial charge in [0, 0.05) is 18.8 Å². The van der Waals surface area contributed by atoms with E-state index in [-0.39, 0.29) is 17.8 Å². The highest BCUT2D eigenvalue weighted by molar-refractivity contribution is 5.95. The van der Waals surface area contributed by atoms with E-state index in [2.05, 4.69) is 15.4 Å². The highest BCUT2D eigenvalue weighted by Crippen LogP contribution is 2.18. The molecule has 1 aromatic carbocycles. The van der Waals surface area contributed by atoms with Crippen molar-refractivity contribution in [2.75, 3.05) is 25.5 Å². The maximum absolute atomic E-state index is 11.8. The number of hydrogen-bond acceptors (Lipinski definition) is 4. The van der Waals surface area contributed by atoms with Crippen molar-refractivity contribution in [3.05, 3.63) is 29.3 Å². The van der Waals surface area contributed by atoms with Gasteiger partial charge in [0.1, 0.15) is 0 Å². The summed E-state index contributed by atoms with van der Waals surface area (Å²) in [4.78, 5) is 23.1. The van der Waals surface area contributed by atoms with Gasteiger partial charge in [-0.15, -0.1) is 0 Å². The van der Waals surface area contributed by atoms with Gasteiger partial charge in [-0.2, -0.15) is 0 Å². The highest BCUT2D eigenvalue weighted by Gasteiger charge is 2.25. The first-order valence-electron chi connectivity index (χ1n) is 5.82. The number of nitrogens with one attached hydrogen (secondary N) is 2. The normalized spacial score (nSPS) is 14.8. The summed E-state index contributed by atoms with van der Waals surface area (Å²) >= 11 is 0. The van der Waals surface area contributed by atoms with Gasteiger partial charge in [0.2, 0.25) is 5.91 Å². The zero-order valence-corrected chi connectivity index (χ0v) is 10.4. The lowest BCUT2D eigenvalue weighted by Gasteiger charge is -2.26. The molecule has 96 valence electrons. The summed E-state index contributed by atoms with van der Waals surface area (Å²) in [6, 6.07) is 5.08. The van der Waals surface area contributed by atoms with E-state index < -0.39 is 0 Å². The molecule has 5 heteroatoms. The second kappa shape index (κ2) is 5.18. The van der Waals surface area contributed by atoms with Gasteiger partial charge < -0.3 is 15.4 Å². The van der Waals surface area contributed by atoms with Crippen molar-refractivity contribution in [1.82, 2.24) is 5.32 Å². The Labute approximate surface area is 106 Å². The van der Waals surface area contributed by atoms with E-state index in [0.29, 0.717) is 5.56 Å². The predicted octanol–water partition coefficient (Wildman–Crippen LogP) is 0.940. The van der Waals surface area contributed by atoms with Crippen LogP contribution in [0.4, 0.5) is 5.69 Å². The van der Waals surface area contributed by atoms with Crippen LogP contribution in [-0.2, 0) is 9.53 Å². The SMILES string of the molecule is COC(=O)c1ccc(NC(=O)C2CNC2)c(C)c1. The van der Waals surface area contributed by atoms with Crippen LogP contribution in [0.15, 0.2) is 18.2 Å². The topological polar surface area (TPSA) is 67.4 Å². The number of carbonyl (C=O) groups is 2. The molecular formula is C13H16N2O3. The van der Waals surface area contributed by atoms with Crippen molar-refractivity contribution in [3.63, 3.8) is 0 Å². The number of hydrogen-bond donors (Lipinski definition) is 2. The van der Waals surface area contributed by atoms with Crippen molar-refractivity contribution in [3.8, 4) is 0 Å². The van der Waals surface area contributed by atoms with Crippen LogP contribution in [0.5, 0.6) is 0 Å². The number of carbonyl (C=O) groups excluding carboxylic acids is 2. The summed E-state index contributed by atoms with van der Waals surface area (Å²) in [5, 5.41) is 5.92. The van der Waals surface area contributed by atoms with Gasteiger partial charge in [0.05, 0.1) is 18.6 Å². The van der Waals surface area contributed by atoms with Crippen LogP contribution >= 0.6 is 0 Å². The van der Waals surface area contributed by atoms with Crippen molar-refractivity contribution >= 4 is 17.6 Å². The average Bonchev–Trinajstić information content (AvgIpc) is 2.28. The molecule has 1 heterocycles. The minimum atomic E-state index is -0.376. The average molecular weight is 248 g/mol. The minimum Gasteiger partial charge on any atom is -0.465 e.